The van der Waals surface area contributed by atoms with Crippen LogP contribution in [0, 0.1) is 0 Å². The van der Waals surface area contributed by atoms with Crippen molar-refractivity contribution in [1.82, 2.24) is 0 Å². The summed E-state index contributed by atoms with van der Waals surface area (Å²) in [5.41, 5.74) is 1.28. The fraction of sp³-hybridized carbons (Fsp3) is 0.429. The van der Waals surface area contributed by atoms with E-state index in [0.717, 1.165) is 11.3 Å². The smallest absolute Gasteiger partial charge is 0.261 e. The van der Waals surface area contributed by atoms with E-state index in [0.29, 0.717) is 25.7 Å². The molecule has 0 N–H and O–H groups in total. The van der Waals surface area contributed by atoms with Gasteiger partial charge in [-0.25, -0.2) is 0 Å². The summed E-state index contributed by atoms with van der Waals surface area (Å²) in [5, 5.41) is 1.37. The third-order valence-corrected chi connectivity index (χ3v) is 4.08. The van der Waals surface area contributed by atoms with Gasteiger partial charge in [0.15, 0.2) is 0 Å². The fourth-order valence-electron chi connectivity index (χ4n) is 3.09. The minimum atomic E-state index is -0.541. The summed E-state index contributed by atoms with van der Waals surface area (Å²) in [7, 11) is 1.50. The molecule has 0 saturated heterocycles. The molecule has 1 spiro atoms. The Kier molecular flexibility index (Phi) is 2.48. The summed E-state index contributed by atoms with van der Waals surface area (Å²) in [4.78, 5) is 29.2. The second-order valence-corrected chi connectivity index (χ2v) is 4.92. The molecule has 1 aromatic carbocycles. The lowest BCUT2D eigenvalue weighted by Gasteiger charge is -2.31. The molecule has 1 heterocycles. The fourth-order valence-corrected chi connectivity index (χ4v) is 3.09. The van der Waals surface area contributed by atoms with Crippen LogP contribution in [0.2, 0.25) is 0 Å². The van der Waals surface area contributed by atoms with Gasteiger partial charge in [-0.05, 0) is 24.5 Å². The van der Waals surface area contributed by atoms with Gasteiger partial charge in [0.1, 0.15) is 5.78 Å². The van der Waals surface area contributed by atoms with Gasteiger partial charge in [0.25, 0.3) is 5.91 Å². The maximum Gasteiger partial charge on any atom is 0.261 e. The van der Waals surface area contributed by atoms with Gasteiger partial charge in [-0.3, -0.25) is 14.4 Å². The van der Waals surface area contributed by atoms with Crippen LogP contribution in [0.25, 0.3) is 0 Å². The first kappa shape index (κ1) is 11.4. The number of carbonyl (C=O) groups excluding carboxylic acids is 2. The molecule has 0 aromatic heterocycles. The zero-order chi connectivity index (χ0) is 12.8. The number of anilines is 1. The van der Waals surface area contributed by atoms with E-state index < -0.39 is 5.41 Å². The monoisotopic (exact) mass is 245 g/mol. The van der Waals surface area contributed by atoms with Gasteiger partial charge in [-0.2, -0.15) is 5.06 Å². The lowest BCUT2D eigenvalue weighted by Crippen LogP contribution is -2.42. The number of amides is 1. The van der Waals surface area contributed by atoms with Crippen LogP contribution in [0.3, 0.4) is 0 Å². The zero-order valence-electron chi connectivity index (χ0n) is 10.3. The molecule has 1 fully saturated rings. The summed E-state index contributed by atoms with van der Waals surface area (Å²) in [6, 6.07) is 7.69. The van der Waals surface area contributed by atoms with Crippen molar-refractivity contribution < 1.29 is 14.4 Å². The van der Waals surface area contributed by atoms with Gasteiger partial charge in [0, 0.05) is 12.8 Å². The average molecular weight is 245 g/mol. The maximum absolute atomic E-state index is 12.6. The predicted molar refractivity (Wildman–Crippen MR) is 66.1 cm³/mol. The van der Waals surface area contributed by atoms with Crippen molar-refractivity contribution in [1.29, 1.82) is 0 Å². The largest absolute Gasteiger partial charge is 0.300 e. The van der Waals surface area contributed by atoms with Crippen molar-refractivity contribution >= 4 is 17.4 Å². The Morgan fingerprint density at radius 2 is 1.83 bits per heavy atom. The molecule has 1 aromatic rings. The Balaban J connectivity index is 2.11. The van der Waals surface area contributed by atoms with Gasteiger partial charge in [-0.1, -0.05) is 18.2 Å². The summed E-state index contributed by atoms with van der Waals surface area (Å²) >= 11 is 0. The number of hydrogen-bond acceptors (Lipinski definition) is 3. The molecular weight excluding hydrogens is 230 g/mol. The van der Waals surface area contributed by atoms with Crippen molar-refractivity contribution in [2.24, 2.45) is 0 Å². The number of ketones is 1. The number of rotatable bonds is 1. The van der Waals surface area contributed by atoms with Gasteiger partial charge in [0.05, 0.1) is 18.2 Å². The van der Waals surface area contributed by atoms with E-state index in [-0.39, 0.29) is 11.7 Å². The van der Waals surface area contributed by atoms with Crippen LogP contribution in [0.15, 0.2) is 24.3 Å². The summed E-state index contributed by atoms with van der Waals surface area (Å²) in [6.45, 7) is 0. The van der Waals surface area contributed by atoms with E-state index in [1.165, 1.54) is 12.2 Å². The lowest BCUT2D eigenvalue weighted by atomic mass is 9.70. The van der Waals surface area contributed by atoms with Crippen molar-refractivity contribution in [3.8, 4) is 0 Å². The minimum Gasteiger partial charge on any atom is -0.300 e. The number of hydrogen-bond donors (Lipinski definition) is 0. The van der Waals surface area contributed by atoms with E-state index in [1.54, 1.807) is 0 Å². The first-order valence-electron chi connectivity index (χ1n) is 6.19. The van der Waals surface area contributed by atoms with E-state index in [9.17, 15) is 9.59 Å². The molecule has 18 heavy (non-hydrogen) atoms. The Bertz CT molecular complexity index is 514. The highest BCUT2D eigenvalue weighted by atomic mass is 16.7. The van der Waals surface area contributed by atoms with Crippen LogP contribution in [-0.2, 0) is 19.8 Å². The predicted octanol–water partition coefficient (Wildman–Crippen LogP) is 1.98. The van der Waals surface area contributed by atoms with Crippen molar-refractivity contribution in [3.63, 3.8) is 0 Å². The van der Waals surface area contributed by atoms with Gasteiger partial charge in [0.2, 0.25) is 0 Å². The molecular formula is C14H15NO3. The Morgan fingerprint density at radius 3 is 2.50 bits per heavy atom. The molecule has 1 amide bonds. The molecule has 1 aliphatic carbocycles. The topological polar surface area (TPSA) is 46.6 Å². The number of nitrogens with zero attached hydrogens (tertiary/aromatic N) is 1. The highest BCUT2D eigenvalue weighted by Crippen LogP contribution is 2.49. The number of hydroxylamine groups is 1. The molecule has 0 atom stereocenters. The van der Waals surface area contributed by atoms with Crippen molar-refractivity contribution in [2.75, 3.05) is 12.2 Å². The van der Waals surface area contributed by atoms with Gasteiger partial charge < -0.3 is 0 Å². The number of fused-ring (bicyclic) bond motifs is 2. The third kappa shape index (κ3) is 1.35. The zero-order valence-corrected chi connectivity index (χ0v) is 10.3. The van der Waals surface area contributed by atoms with Crippen LogP contribution < -0.4 is 5.06 Å². The molecule has 1 aliphatic heterocycles. The Hall–Kier alpha value is -1.68. The Labute approximate surface area is 105 Å². The molecule has 4 nitrogen and oxygen atoms in total. The number of benzene rings is 1. The molecule has 1 saturated carbocycles. The highest BCUT2D eigenvalue weighted by Gasteiger charge is 2.52. The highest BCUT2D eigenvalue weighted by molar-refractivity contribution is 6.07. The van der Waals surface area contributed by atoms with Crippen LogP contribution in [0.5, 0.6) is 0 Å². The van der Waals surface area contributed by atoms with Crippen molar-refractivity contribution in [3.05, 3.63) is 29.8 Å². The first-order chi connectivity index (χ1) is 8.69. The molecule has 4 heteroatoms. The number of Topliss-reactive ketones (excluding diaryl/α,β-unsaturated/α-hetero) is 1. The first-order valence-corrected chi connectivity index (χ1v) is 6.19. The van der Waals surface area contributed by atoms with Crippen LogP contribution >= 0.6 is 0 Å². The quantitative estimate of drug-likeness (QED) is 0.760. The molecule has 0 unspecified atom stereocenters. The summed E-state index contributed by atoms with van der Waals surface area (Å²) < 4.78 is 0. The average Bonchev–Trinajstić information content (AvgIpc) is 2.63. The molecule has 0 bridgehead atoms. The molecule has 3 rings (SSSR count). The molecule has 0 radical (unpaired) electrons. The summed E-state index contributed by atoms with van der Waals surface area (Å²) in [6.07, 6.45) is 2.17. The second kappa shape index (κ2) is 3.92. The van der Waals surface area contributed by atoms with Crippen LogP contribution in [0.4, 0.5) is 5.69 Å². The molecule has 94 valence electrons. The number of carbonyl (C=O) groups is 2. The SMILES string of the molecule is CON1C(=O)C2(CCC(=O)CC2)c2ccccc21. The van der Waals surface area contributed by atoms with E-state index in [4.69, 9.17) is 4.84 Å². The van der Waals surface area contributed by atoms with Gasteiger partial charge >= 0.3 is 0 Å². The van der Waals surface area contributed by atoms with Crippen LogP contribution in [-0.4, -0.2) is 18.8 Å². The van der Waals surface area contributed by atoms with E-state index in [1.807, 2.05) is 24.3 Å². The maximum atomic E-state index is 12.6. The normalized spacial score (nSPS) is 21.5. The van der Waals surface area contributed by atoms with E-state index >= 15 is 0 Å². The molecule has 2 aliphatic rings. The number of para-hydroxylation sites is 1. The van der Waals surface area contributed by atoms with Crippen LogP contribution in [0.1, 0.15) is 31.2 Å². The minimum absolute atomic E-state index is 0.0290. The second-order valence-electron chi connectivity index (χ2n) is 4.92. The van der Waals surface area contributed by atoms with Crippen molar-refractivity contribution in [2.45, 2.75) is 31.1 Å². The third-order valence-electron chi connectivity index (χ3n) is 4.08. The standard InChI is InChI=1S/C14H15NO3/c1-18-15-12-5-3-2-4-11(12)14(13(15)17)8-6-10(16)7-9-14/h2-5H,6-9H2,1H3. The van der Waals surface area contributed by atoms with E-state index in [2.05, 4.69) is 0 Å². The Morgan fingerprint density at radius 1 is 1.17 bits per heavy atom. The summed E-state index contributed by atoms with van der Waals surface area (Å²) in [5.74, 6) is 0.223. The lowest BCUT2D eigenvalue weighted by molar-refractivity contribution is -0.132. The van der Waals surface area contributed by atoms with Gasteiger partial charge in [-0.15, -0.1) is 0 Å².